The Labute approximate surface area is 191 Å². The molecule has 2 amide bonds. The van der Waals surface area contributed by atoms with E-state index in [1.807, 2.05) is 0 Å². The zero-order valence-corrected chi connectivity index (χ0v) is 19.2. The van der Waals surface area contributed by atoms with Crippen LogP contribution in [0.2, 0.25) is 0 Å². The van der Waals surface area contributed by atoms with Gasteiger partial charge < -0.3 is 14.8 Å². The van der Waals surface area contributed by atoms with Gasteiger partial charge in [0.05, 0.1) is 26.2 Å². The molecule has 0 aromatic carbocycles. The lowest BCUT2D eigenvalue weighted by Crippen LogP contribution is -3.17. The minimum atomic E-state index is -0.390. The number of fused-ring (bicyclic) bond motifs is 1. The number of cyclic esters (lactones) is 2. The lowest BCUT2D eigenvalue weighted by molar-refractivity contribution is -0.824. The Kier molecular flexibility index (Phi) is 12.7. The van der Waals surface area contributed by atoms with Crippen molar-refractivity contribution >= 4 is 23.8 Å². The molecule has 0 saturated carbocycles. The number of allylic oxidation sites excluding steroid dienone is 2. The van der Waals surface area contributed by atoms with Crippen LogP contribution in [0.1, 0.15) is 83.5 Å². The highest BCUT2D eigenvalue weighted by Crippen LogP contribution is 2.07. The highest BCUT2D eigenvalue weighted by molar-refractivity contribution is 5.78. The summed E-state index contributed by atoms with van der Waals surface area (Å²) in [5, 5.41) is 2.86. The van der Waals surface area contributed by atoms with Gasteiger partial charge in [-0.1, -0.05) is 12.2 Å². The molecule has 2 atom stereocenters. The van der Waals surface area contributed by atoms with E-state index < -0.39 is 6.04 Å². The van der Waals surface area contributed by atoms with Crippen LogP contribution in [0.3, 0.4) is 0 Å². The van der Waals surface area contributed by atoms with E-state index in [-0.39, 0.29) is 23.8 Å². The van der Waals surface area contributed by atoms with Gasteiger partial charge in [-0.25, -0.2) is 9.59 Å². The fraction of sp³-hybridized carbons (Fsp3) is 0.750. The third-order valence-electron chi connectivity index (χ3n) is 5.89. The van der Waals surface area contributed by atoms with Gasteiger partial charge in [-0.15, -0.1) is 0 Å². The predicted octanol–water partition coefficient (Wildman–Crippen LogP) is 1.62. The van der Waals surface area contributed by atoms with Crippen LogP contribution in [-0.2, 0) is 28.7 Å². The number of hydrogen-bond donors (Lipinski definition) is 2. The minimum absolute atomic E-state index is 0.0337. The average Bonchev–Trinajstić information content (AvgIpc) is 3.27. The summed E-state index contributed by atoms with van der Waals surface area (Å²) in [5.41, 5.74) is 0. The molecular formula is C24H39N2O6+. The number of carbonyl (C=O) groups excluding carboxylic acids is 4. The van der Waals surface area contributed by atoms with Crippen molar-refractivity contribution in [2.45, 2.75) is 89.5 Å². The molecule has 1 saturated heterocycles. The molecule has 0 bridgehead atoms. The Morgan fingerprint density at radius 1 is 0.781 bits per heavy atom. The number of rotatable bonds is 0. The lowest BCUT2D eigenvalue weighted by atomic mass is 10.1. The Hall–Kier alpha value is -2.22. The van der Waals surface area contributed by atoms with E-state index in [0.717, 1.165) is 38.5 Å². The topological polar surface area (TPSA) is 103 Å². The number of amides is 2. The summed E-state index contributed by atoms with van der Waals surface area (Å²) in [6.45, 7) is 1.98. The first-order valence-corrected chi connectivity index (χ1v) is 12.2. The van der Waals surface area contributed by atoms with Gasteiger partial charge in [-0.05, 0) is 51.4 Å². The molecule has 2 aliphatic heterocycles. The van der Waals surface area contributed by atoms with Crippen LogP contribution in [0.15, 0.2) is 12.2 Å². The van der Waals surface area contributed by atoms with Crippen LogP contribution in [0, 0.1) is 0 Å². The molecule has 180 valence electrons. The molecule has 0 radical (unpaired) electrons. The summed E-state index contributed by atoms with van der Waals surface area (Å²) in [5.74, 6) is -0.458. The number of nitrogens with one attached hydrogen (secondary N) is 2. The van der Waals surface area contributed by atoms with E-state index in [0.29, 0.717) is 76.1 Å². The zero-order chi connectivity index (χ0) is 23.0. The van der Waals surface area contributed by atoms with Gasteiger partial charge in [0.25, 0.3) is 0 Å². The van der Waals surface area contributed by atoms with Crippen molar-refractivity contribution in [1.29, 1.82) is 0 Å². The molecule has 2 rings (SSSR count). The first-order valence-electron chi connectivity index (χ1n) is 12.2. The number of esters is 2. The van der Waals surface area contributed by atoms with Crippen molar-refractivity contribution in [1.82, 2.24) is 5.32 Å². The third-order valence-corrected chi connectivity index (χ3v) is 5.89. The van der Waals surface area contributed by atoms with Crippen molar-refractivity contribution in [3.8, 4) is 0 Å². The summed E-state index contributed by atoms with van der Waals surface area (Å²) in [6, 6.07) is -0.390. The molecule has 8 heteroatoms. The second-order valence-corrected chi connectivity index (χ2v) is 8.55. The van der Waals surface area contributed by atoms with Crippen molar-refractivity contribution < 1.29 is 33.6 Å². The number of ether oxygens (including phenoxy) is 2. The monoisotopic (exact) mass is 451 g/mol. The predicted molar refractivity (Wildman–Crippen MR) is 119 cm³/mol. The molecule has 0 aromatic rings. The van der Waals surface area contributed by atoms with Gasteiger partial charge in [0.15, 0.2) is 6.04 Å². The molecule has 2 unspecified atom stereocenters. The highest BCUT2D eigenvalue weighted by Gasteiger charge is 2.40. The minimum Gasteiger partial charge on any atom is -0.466 e. The first kappa shape index (κ1) is 26.0. The lowest BCUT2D eigenvalue weighted by Gasteiger charge is -2.18. The van der Waals surface area contributed by atoms with Gasteiger partial charge >= 0.3 is 17.8 Å². The van der Waals surface area contributed by atoms with Gasteiger partial charge in [0, 0.05) is 32.2 Å². The number of carbonyl (C=O) groups is 4. The summed E-state index contributed by atoms with van der Waals surface area (Å²) < 4.78 is 10.6. The van der Waals surface area contributed by atoms with Crippen LogP contribution >= 0.6 is 0 Å². The van der Waals surface area contributed by atoms with Crippen LogP contribution in [0.25, 0.3) is 0 Å². The van der Waals surface area contributed by atoms with E-state index in [1.165, 1.54) is 0 Å². The Balaban J connectivity index is 1.80. The number of hydrogen-bond acceptors (Lipinski definition) is 6. The second kappa shape index (κ2) is 15.6. The summed E-state index contributed by atoms with van der Waals surface area (Å²) in [7, 11) is 0. The molecule has 0 spiro atoms. The highest BCUT2D eigenvalue weighted by atomic mass is 16.5. The van der Waals surface area contributed by atoms with Gasteiger partial charge in [-0.2, -0.15) is 0 Å². The average molecular weight is 452 g/mol. The first-order chi connectivity index (χ1) is 15.6. The van der Waals surface area contributed by atoms with E-state index >= 15 is 0 Å². The van der Waals surface area contributed by atoms with E-state index in [4.69, 9.17) is 9.47 Å². The van der Waals surface area contributed by atoms with E-state index in [2.05, 4.69) is 17.5 Å². The largest absolute Gasteiger partial charge is 0.466 e. The molecule has 8 nitrogen and oxygen atoms in total. The SMILES string of the molecule is O=C1CCCCC(=O)[NH+]2CCCC2C(=O)OCCCC=CCCCOC(=O)CCCCN1. The van der Waals surface area contributed by atoms with E-state index in [9.17, 15) is 19.2 Å². The Bertz CT molecular complexity index is 648. The second-order valence-electron chi connectivity index (χ2n) is 8.55. The van der Waals surface area contributed by atoms with Gasteiger partial charge in [0.1, 0.15) is 0 Å². The van der Waals surface area contributed by atoms with Gasteiger partial charge in [0.2, 0.25) is 5.91 Å². The maximum atomic E-state index is 12.6. The standard InChI is InChI=1S/C24H38N2O6/c27-21-13-5-6-14-22(28)26-17-11-12-20(26)24(30)32-19-10-4-2-1-3-9-18-31-23(29)15-7-8-16-25-21/h1-2,20H,3-19H2,(H,25,27)/p+1. The smallest absolute Gasteiger partial charge is 0.365 e. The normalized spacial score (nSPS) is 26.8. The fourth-order valence-electron chi connectivity index (χ4n) is 4.05. The quantitative estimate of drug-likeness (QED) is 0.429. The molecule has 2 aliphatic rings. The zero-order valence-electron chi connectivity index (χ0n) is 19.2. The van der Waals surface area contributed by atoms with Crippen molar-refractivity contribution in [3.05, 3.63) is 12.2 Å². The maximum Gasteiger partial charge on any atom is 0.365 e. The summed E-state index contributed by atoms with van der Waals surface area (Å²) >= 11 is 0. The van der Waals surface area contributed by atoms with Crippen molar-refractivity contribution in [3.63, 3.8) is 0 Å². The molecule has 2 N–H and O–H groups in total. The van der Waals surface area contributed by atoms with Crippen molar-refractivity contribution in [2.75, 3.05) is 26.3 Å². The molecule has 1 fully saturated rings. The number of quaternary nitrogens is 1. The molecule has 0 aromatic heterocycles. The molecular weight excluding hydrogens is 412 g/mol. The molecule has 32 heavy (non-hydrogen) atoms. The Morgan fingerprint density at radius 2 is 1.47 bits per heavy atom. The van der Waals surface area contributed by atoms with Crippen LogP contribution < -0.4 is 10.2 Å². The molecule has 0 aliphatic carbocycles. The van der Waals surface area contributed by atoms with Crippen molar-refractivity contribution in [2.24, 2.45) is 0 Å². The molecule has 2 heterocycles. The Morgan fingerprint density at radius 3 is 2.25 bits per heavy atom. The van der Waals surface area contributed by atoms with Gasteiger partial charge in [-0.3, -0.25) is 14.5 Å². The van der Waals surface area contributed by atoms with Crippen LogP contribution in [0.4, 0.5) is 0 Å². The van der Waals surface area contributed by atoms with Crippen LogP contribution in [-0.4, -0.2) is 56.1 Å². The summed E-state index contributed by atoms with van der Waals surface area (Å²) in [4.78, 5) is 49.4. The van der Waals surface area contributed by atoms with E-state index in [1.54, 1.807) is 0 Å². The maximum absolute atomic E-state index is 12.6. The fourth-order valence-corrected chi connectivity index (χ4v) is 4.05. The summed E-state index contributed by atoms with van der Waals surface area (Å²) in [6.07, 6.45) is 12.6. The third kappa shape index (κ3) is 10.4. The van der Waals surface area contributed by atoms with Crippen LogP contribution in [0.5, 0.6) is 0 Å².